The molecular weight excluding hydrogens is 188 g/mol. The molecule has 0 spiro atoms. The summed E-state index contributed by atoms with van der Waals surface area (Å²) in [6.07, 6.45) is 2.12. The molecule has 1 aliphatic heterocycles. The molecule has 0 bridgehead atoms. The highest BCUT2D eigenvalue weighted by Crippen LogP contribution is 2.25. The molecule has 0 fully saturated rings. The molecule has 0 aromatic heterocycles. The zero-order valence-corrected chi connectivity index (χ0v) is 9.42. The Hall–Kier alpha value is -1.06. The number of nitrogens with zero attached hydrogens (tertiary/aromatic N) is 1. The van der Waals surface area contributed by atoms with Crippen LogP contribution in [0.1, 0.15) is 11.1 Å². The molecule has 0 unspecified atom stereocenters. The minimum Gasteiger partial charge on any atom is -0.493 e. The Morgan fingerprint density at radius 1 is 1.40 bits per heavy atom. The predicted octanol–water partition coefficient (Wildman–Crippen LogP) is 1.23. The van der Waals surface area contributed by atoms with Gasteiger partial charge in [0.2, 0.25) is 0 Å². The zero-order chi connectivity index (χ0) is 10.7. The standard InChI is InChI=1S/C12H18N2O/c1-14(2)13-7-5-10-3-4-12-11(9-10)6-8-15-12/h3-4,9,13H,5-8H2,1-2H3. The van der Waals surface area contributed by atoms with E-state index in [1.54, 1.807) is 0 Å². The Balaban J connectivity index is 1.92. The molecule has 3 heteroatoms. The summed E-state index contributed by atoms with van der Waals surface area (Å²) in [6.45, 7) is 1.82. The summed E-state index contributed by atoms with van der Waals surface area (Å²) >= 11 is 0. The second-order valence-corrected chi connectivity index (χ2v) is 4.09. The van der Waals surface area contributed by atoms with Crippen molar-refractivity contribution >= 4 is 0 Å². The molecule has 0 radical (unpaired) electrons. The van der Waals surface area contributed by atoms with Crippen LogP contribution in [0.25, 0.3) is 0 Å². The van der Waals surface area contributed by atoms with Crippen molar-refractivity contribution in [2.45, 2.75) is 12.8 Å². The van der Waals surface area contributed by atoms with Crippen LogP contribution in [0.3, 0.4) is 0 Å². The molecular formula is C12H18N2O. The Morgan fingerprint density at radius 2 is 2.27 bits per heavy atom. The van der Waals surface area contributed by atoms with Gasteiger partial charge >= 0.3 is 0 Å². The van der Waals surface area contributed by atoms with Crippen LogP contribution in [0.2, 0.25) is 0 Å². The summed E-state index contributed by atoms with van der Waals surface area (Å²) < 4.78 is 5.47. The van der Waals surface area contributed by atoms with E-state index in [1.807, 2.05) is 19.1 Å². The van der Waals surface area contributed by atoms with Gasteiger partial charge in [-0.3, -0.25) is 10.4 Å². The van der Waals surface area contributed by atoms with Gasteiger partial charge in [0.1, 0.15) is 5.75 Å². The average Bonchev–Trinajstić information content (AvgIpc) is 2.64. The summed E-state index contributed by atoms with van der Waals surface area (Å²) in [7, 11) is 4.02. The van der Waals surface area contributed by atoms with Gasteiger partial charge in [0.05, 0.1) is 6.61 Å². The van der Waals surface area contributed by atoms with Crippen LogP contribution in [-0.2, 0) is 12.8 Å². The number of hydrazine groups is 1. The van der Waals surface area contributed by atoms with E-state index < -0.39 is 0 Å². The highest BCUT2D eigenvalue weighted by atomic mass is 16.5. The fourth-order valence-electron chi connectivity index (χ4n) is 1.82. The molecule has 0 aliphatic carbocycles. The molecule has 0 saturated heterocycles. The quantitative estimate of drug-likeness (QED) is 0.750. The number of hydrogen-bond donors (Lipinski definition) is 1. The molecule has 0 amide bonds. The summed E-state index contributed by atoms with van der Waals surface area (Å²) in [5.41, 5.74) is 6.01. The minimum atomic E-state index is 0.842. The van der Waals surface area contributed by atoms with Crippen molar-refractivity contribution in [2.24, 2.45) is 0 Å². The third-order valence-corrected chi connectivity index (χ3v) is 2.60. The van der Waals surface area contributed by atoms with Crippen LogP contribution in [0.4, 0.5) is 0 Å². The van der Waals surface area contributed by atoms with Crippen molar-refractivity contribution < 1.29 is 4.74 Å². The lowest BCUT2D eigenvalue weighted by molar-refractivity contribution is 0.292. The van der Waals surface area contributed by atoms with Gasteiger partial charge in [-0.1, -0.05) is 12.1 Å². The number of nitrogens with one attached hydrogen (secondary N) is 1. The maximum Gasteiger partial charge on any atom is 0.122 e. The van der Waals surface area contributed by atoms with Crippen LogP contribution >= 0.6 is 0 Å². The first kappa shape index (κ1) is 10.5. The predicted molar refractivity (Wildman–Crippen MR) is 61.0 cm³/mol. The fourth-order valence-corrected chi connectivity index (χ4v) is 1.82. The van der Waals surface area contributed by atoms with Crippen molar-refractivity contribution in [3.63, 3.8) is 0 Å². The summed E-state index contributed by atoms with van der Waals surface area (Å²) in [5, 5.41) is 1.98. The van der Waals surface area contributed by atoms with Gasteiger partial charge in [0.15, 0.2) is 0 Å². The molecule has 0 saturated carbocycles. The molecule has 1 aromatic carbocycles. The van der Waals surface area contributed by atoms with E-state index in [0.29, 0.717) is 0 Å². The van der Waals surface area contributed by atoms with Crippen LogP contribution in [0.5, 0.6) is 5.75 Å². The normalized spacial score (nSPS) is 14.1. The van der Waals surface area contributed by atoms with Gasteiger partial charge in [-0.05, 0) is 23.6 Å². The third kappa shape index (κ3) is 2.70. The molecule has 1 heterocycles. The van der Waals surface area contributed by atoms with Gasteiger partial charge in [-0.2, -0.15) is 0 Å². The lowest BCUT2D eigenvalue weighted by Gasteiger charge is -2.11. The van der Waals surface area contributed by atoms with E-state index in [4.69, 9.17) is 4.74 Å². The first-order valence-electron chi connectivity index (χ1n) is 5.41. The maximum atomic E-state index is 5.47. The van der Waals surface area contributed by atoms with Crippen LogP contribution in [0.15, 0.2) is 18.2 Å². The zero-order valence-electron chi connectivity index (χ0n) is 9.42. The van der Waals surface area contributed by atoms with Crippen molar-refractivity contribution in [2.75, 3.05) is 27.2 Å². The number of hydrogen-bond acceptors (Lipinski definition) is 3. The number of ether oxygens (including phenoxy) is 1. The summed E-state index contributed by atoms with van der Waals surface area (Å²) in [5.74, 6) is 1.07. The Bertz CT molecular complexity index is 336. The summed E-state index contributed by atoms with van der Waals surface area (Å²) in [6, 6.07) is 6.51. The number of benzene rings is 1. The smallest absolute Gasteiger partial charge is 0.122 e. The topological polar surface area (TPSA) is 24.5 Å². The van der Waals surface area contributed by atoms with Gasteiger partial charge < -0.3 is 4.74 Å². The van der Waals surface area contributed by atoms with E-state index in [9.17, 15) is 0 Å². The van der Waals surface area contributed by atoms with Gasteiger partial charge in [-0.15, -0.1) is 0 Å². The first-order chi connectivity index (χ1) is 7.25. The molecule has 1 aromatic rings. The van der Waals surface area contributed by atoms with E-state index in [0.717, 1.165) is 31.7 Å². The Morgan fingerprint density at radius 3 is 3.07 bits per heavy atom. The number of rotatable bonds is 4. The van der Waals surface area contributed by atoms with Crippen LogP contribution < -0.4 is 10.2 Å². The minimum absolute atomic E-state index is 0.842. The highest BCUT2D eigenvalue weighted by molar-refractivity contribution is 5.39. The summed E-state index contributed by atoms with van der Waals surface area (Å²) in [4.78, 5) is 0. The van der Waals surface area contributed by atoms with Crippen LogP contribution in [-0.4, -0.2) is 32.3 Å². The maximum absolute atomic E-state index is 5.47. The SMILES string of the molecule is CN(C)NCCc1ccc2c(c1)CCO2. The first-order valence-corrected chi connectivity index (χ1v) is 5.41. The van der Waals surface area contributed by atoms with Crippen molar-refractivity contribution in [3.05, 3.63) is 29.3 Å². The van der Waals surface area contributed by atoms with Crippen molar-refractivity contribution in [3.8, 4) is 5.75 Å². The fraction of sp³-hybridized carbons (Fsp3) is 0.500. The van der Waals surface area contributed by atoms with E-state index >= 15 is 0 Å². The van der Waals surface area contributed by atoms with E-state index in [1.165, 1.54) is 11.1 Å². The average molecular weight is 206 g/mol. The molecule has 0 atom stereocenters. The van der Waals surface area contributed by atoms with Crippen molar-refractivity contribution in [1.82, 2.24) is 10.4 Å². The van der Waals surface area contributed by atoms with Gasteiger partial charge in [0.25, 0.3) is 0 Å². The molecule has 2 rings (SSSR count). The molecule has 1 N–H and O–H groups in total. The molecule has 15 heavy (non-hydrogen) atoms. The van der Waals surface area contributed by atoms with Crippen LogP contribution in [0, 0.1) is 0 Å². The van der Waals surface area contributed by atoms with Crippen molar-refractivity contribution in [1.29, 1.82) is 0 Å². The van der Waals surface area contributed by atoms with E-state index in [2.05, 4.69) is 23.6 Å². The highest BCUT2D eigenvalue weighted by Gasteiger charge is 2.11. The van der Waals surface area contributed by atoms with E-state index in [-0.39, 0.29) is 0 Å². The second kappa shape index (κ2) is 4.64. The second-order valence-electron chi connectivity index (χ2n) is 4.09. The largest absolute Gasteiger partial charge is 0.493 e. The lowest BCUT2D eigenvalue weighted by Crippen LogP contribution is -2.31. The number of fused-ring (bicyclic) bond motifs is 1. The Kier molecular flexibility index (Phi) is 3.23. The third-order valence-electron chi connectivity index (χ3n) is 2.60. The lowest BCUT2D eigenvalue weighted by atomic mass is 10.1. The molecule has 82 valence electrons. The molecule has 1 aliphatic rings. The molecule has 3 nitrogen and oxygen atoms in total. The monoisotopic (exact) mass is 206 g/mol. The van der Waals surface area contributed by atoms with Gasteiger partial charge in [-0.25, -0.2) is 0 Å². The Labute approximate surface area is 91.0 Å². The van der Waals surface area contributed by atoms with Gasteiger partial charge in [0, 0.05) is 27.1 Å².